The van der Waals surface area contributed by atoms with Gasteiger partial charge in [-0.3, -0.25) is 9.80 Å². The predicted molar refractivity (Wildman–Crippen MR) is 101 cm³/mol. The molecule has 2 N–H and O–H groups in total. The molecule has 4 bridgehead atoms. The van der Waals surface area contributed by atoms with E-state index in [4.69, 9.17) is 4.74 Å². The van der Waals surface area contributed by atoms with E-state index in [2.05, 4.69) is 37.5 Å². The second-order valence-corrected chi connectivity index (χ2v) is 9.29. The van der Waals surface area contributed by atoms with Crippen molar-refractivity contribution in [2.45, 2.75) is 40.0 Å². The van der Waals surface area contributed by atoms with Gasteiger partial charge in [-0.25, -0.2) is 0 Å². The van der Waals surface area contributed by atoms with Gasteiger partial charge in [0.15, 0.2) is 11.5 Å². The summed E-state index contributed by atoms with van der Waals surface area (Å²) in [6, 6.07) is 5.70. The van der Waals surface area contributed by atoms with Crippen LogP contribution in [0.15, 0.2) is 18.2 Å². The molecule has 0 aliphatic carbocycles. The number of methoxy groups -OCH3 is 1. The second-order valence-electron chi connectivity index (χ2n) is 9.29. The molecule has 5 rings (SSSR count). The van der Waals surface area contributed by atoms with Gasteiger partial charge in [0.2, 0.25) is 0 Å². The molecule has 0 radical (unpaired) electrons. The first-order chi connectivity index (χ1) is 12.2. The molecule has 4 saturated heterocycles. The molecule has 0 unspecified atom stereocenters. The minimum absolute atomic E-state index is 0.0712. The molecule has 0 aromatic heterocycles. The van der Waals surface area contributed by atoms with Crippen LogP contribution in [-0.2, 0) is 0 Å². The SMILES string of the molecule is COc1cc(C2N3CC4(C(C)C)CN2CC(C(C)C)(C3)C4O)ccc1O. The number of rotatable bonds is 4. The molecule has 1 aromatic carbocycles. The maximum Gasteiger partial charge on any atom is 0.160 e. The summed E-state index contributed by atoms with van der Waals surface area (Å²) < 4.78 is 5.33. The molecule has 0 spiro atoms. The number of hydrogen-bond donors (Lipinski definition) is 2. The standard InChI is InChI=1S/C21H32N2O3/c1-13(2)20-9-22-11-21(14(3)4,19(20)25)12-23(10-20)18(22)15-6-7-16(24)17(8-15)26-5/h6-8,13-14,18-19,24-25H,9-12H2,1-5H3. The number of ether oxygens (including phenoxy) is 1. The van der Waals surface area contributed by atoms with Crippen LogP contribution in [0, 0.1) is 22.7 Å². The molecule has 0 atom stereocenters. The average Bonchev–Trinajstić information content (AvgIpc) is 2.58. The van der Waals surface area contributed by atoms with Crippen molar-refractivity contribution in [1.82, 2.24) is 9.80 Å². The Labute approximate surface area is 156 Å². The zero-order valence-electron chi connectivity index (χ0n) is 16.6. The normalized spacial score (nSPS) is 41.2. The van der Waals surface area contributed by atoms with E-state index in [0.717, 1.165) is 31.7 Å². The van der Waals surface area contributed by atoms with Crippen molar-refractivity contribution in [2.24, 2.45) is 22.7 Å². The molecule has 0 amide bonds. The second kappa shape index (κ2) is 5.85. The number of phenols is 1. The third-order valence-electron chi connectivity index (χ3n) is 7.57. The number of hydrogen-bond acceptors (Lipinski definition) is 5. The Morgan fingerprint density at radius 1 is 1.00 bits per heavy atom. The van der Waals surface area contributed by atoms with Crippen LogP contribution in [0.1, 0.15) is 39.4 Å². The number of aliphatic hydroxyl groups is 1. The van der Waals surface area contributed by atoms with Crippen LogP contribution in [0.5, 0.6) is 11.5 Å². The van der Waals surface area contributed by atoms with Gasteiger partial charge in [-0.15, -0.1) is 0 Å². The molecule has 4 aliphatic heterocycles. The highest BCUT2D eigenvalue weighted by Crippen LogP contribution is 2.59. The molecule has 5 nitrogen and oxygen atoms in total. The van der Waals surface area contributed by atoms with E-state index in [1.54, 1.807) is 13.2 Å². The van der Waals surface area contributed by atoms with Crippen molar-refractivity contribution in [2.75, 3.05) is 33.3 Å². The molecule has 0 saturated carbocycles. The fourth-order valence-corrected chi connectivity index (χ4v) is 5.86. The third kappa shape index (κ3) is 2.20. The smallest absolute Gasteiger partial charge is 0.160 e. The van der Waals surface area contributed by atoms with Gasteiger partial charge >= 0.3 is 0 Å². The van der Waals surface area contributed by atoms with Gasteiger partial charge in [0, 0.05) is 37.0 Å². The molecule has 4 aliphatic rings. The lowest BCUT2D eigenvalue weighted by Crippen LogP contribution is -2.80. The van der Waals surface area contributed by atoms with E-state index in [9.17, 15) is 10.2 Å². The largest absolute Gasteiger partial charge is 0.504 e. The van der Waals surface area contributed by atoms with Gasteiger partial charge in [0.25, 0.3) is 0 Å². The van der Waals surface area contributed by atoms with Crippen LogP contribution in [0.3, 0.4) is 0 Å². The van der Waals surface area contributed by atoms with Gasteiger partial charge in [-0.1, -0.05) is 33.8 Å². The van der Waals surface area contributed by atoms with Crippen LogP contribution in [0.2, 0.25) is 0 Å². The highest BCUT2D eigenvalue weighted by atomic mass is 16.5. The summed E-state index contributed by atoms with van der Waals surface area (Å²) in [5, 5.41) is 21.4. The fourth-order valence-electron chi connectivity index (χ4n) is 5.86. The van der Waals surface area contributed by atoms with E-state index in [1.807, 2.05) is 12.1 Å². The van der Waals surface area contributed by atoms with Crippen molar-refractivity contribution in [1.29, 1.82) is 0 Å². The Kier molecular flexibility index (Phi) is 4.07. The van der Waals surface area contributed by atoms with Crippen LogP contribution in [0.4, 0.5) is 0 Å². The first-order valence-electron chi connectivity index (χ1n) is 9.78. The number of phenolic OH excluding ortho intramolecular Hbond substituents is 1. The molecule has 4 fully saturated rings. The van der Waals surface area contributed by atoms with Gasteiger partial charge in [0.05, 0.1) is 19.4 Å². The minimum Gasteiger partial charge on any atom is -0.504 e. The van der Waals surface area contributed by atoms with E-state index >= 15 is 0 Å². The van der Waals surface area contributed by atoms with E-state index in [-0.39, 0.29) is 28.8 Å². The number of benzene rings is 1. The van der Waals surface area contributed by atoms with Crippen LogP contribution >= 0.6 is 0 Å². The van der Waals surface area contributed by atoms with Crippen molar-refractivity contribution in [3.05, 3.63) is 23.8 Å². The zero-order chi connectivity index (χ0) is 18.9. The maximum atomic E-state index is 11.4. The molecule has 26 heavy (non-hydrogen) atoms. The van der Waals surface area contributed by atoms with E-state index in [1.165, 1.54) is 0 Å². The molecule has 4 heterocycles. The Bertz CT molecular complexity index is 658. The van der Waals surface area contributed by atoms with Crippen molar-refractivity contribution in [3.8, 4) is 11.5 Å². The minimum atomic E-state index is -0.252. The Balaban J connectivity index is 1.76. The molecule has 144 valence electrons. The maximum absolute atomic E-state index is 11.4. The fraction of sp³-hybridized carbons (Fsp3) is 0.714. The lowest BCUT2D eigenvalue weighted by atomic mass is 9.52. The first kappa shape index (κ1) is 18.1. The summed E-state index contributed by atoms with van der Waals surface area (Å²) in [6.07, 6.45) is -0.0615. The Morgan fingerprint density at radius 2 is 1.50 bits per heavy atom. The van der Waals surface area contributed by atoms with Crippen LogP contribution in [-0.4, -0.2) is 59.4 Å². The zero-order valence-corrected chi connectivity index (χ0v) is 16.6. The first-order valence-corrected chi connectivity index (χ1v) is 9.78. The van der Waals surface area contributed by atoms with Gasteiger partial charge in [0.1, 0.15) is 0 Å². The van der Waals surface area contributed by atoms with Crippen molar-refractivity contribution >= 4 is 0 Å². The van der Waals surface area contributed by atoms with Gasteiger partial charge < -0.3 is 14.9 Å². The van der Waals surface area contributed by atoms with E-state index < -0.39 is 0 Å². The summed E-state index contributed by atoms with van der Waals surface area (Å²) in [6.45, 7) is 12.7. The Hall–Kier alpha value is -1.30. The molecule has 5 heteroatoms. The summed E-state index contributed by atoms with van der Waals surface area (Å²) >= 11 is 0. The van der Waals surface area contributed by atoms with Crippen LogP contribution in [0.25, 0.3) is 0 Å². The van der Waals surface area contributed by atoms with Crippen LogP contribution < -0.4 is 4.74 Å². The number of aromatic hydroxyl groups is 1. The van der Waals surface area contributed by atoms with Gasteiger partial charge in [-0.05, 0) is 29.5 Å². The number of piperidine rings is 2. The molecular formula is C21H32N2O3. The monoisotopic (exact) mass is 360 g/mol. The van der Waals surface area contributed by atoms with Crippen molar-refractivity contribution in [3.63, 3.8) is 0 Å². The lowest BCUT2D eigenvalue weighted by molar-refractivity contribution is -0.287. The summed E-state index contributed by atoms with van der Waals surface area (Å²) in [7, 11) is 1.59. The molecule has 1 aromatic rings. The van der Waals surface area contributed by atoms with Gasteiger partial charge in [-0.2, -0.15) is 0 Å². The lowest BCUT2D eigenvalue weighted by Gasteiger charge is -2.71. The summed E-state index contributed by atoms with van der Waals surface area (Å²) in [5.74, 6) is 1.56. The predicted octanol–water partition coefficient (Wildman–Crippen LogP) is 2.69. The topological polar surface area (TPSA) is 56.2 Å². The number of aliphatic hydroxyl groups excluding tert-OH is 1. The van der Waals surface area contributed by atoms with Crippen molar-refractivity contribution < 1.29 is 14.9 Å². The van der Waals surface area contributed by atoms with E-state index in [0.29, 0.717) is 17.6 Å². The third-order valence-corrected chi connectivity index (χ3v) is 7.57. The summed E-state index contributed by atoms with van der Waals surface area (Å²) in [5.41, 5.74) is 1.02. The highest BCUT2D eigenvalue weighted by Gasteiger charge is 2.66. The quantitative estimate of drug-likeness (QED) is 0.865. The summed E-state index contributed by atoms with van der Waals surface area (Å²) in [4.78, 5) is 5.09. The highest BCUT2D eigenvalue weighted by molar-refractivity contribution is 5.43. The number of nitrogens with zero attached hydrogens (tertiary/aromatic N) is 2. The molecular weight excluding hydrogens is 328 g/mol. The Morgan fingerprint density at radius 3 is 1.92 bits per heavy atom. The average molecular weight is 360 g/mol.